The Bertz CT molecular complexity index is 2740. The number of aromatic nitrogens is 2. The fourth-order valence-corrected chi connectivity index (χ4v) is 8.64. The summed E-state index contributed by atoms with van der Waals surface area (Å²) in [6.07, 6.45) is 3.71. The van der Waals surface area contributed by atoms with E-state index in [-0.39, 0.29) is 0 Å². The van der Waals surface area contributed by atoms with Crippen LogP contribution in [-0.4, -0.2) is 9.55 Å². The van der Waals surface area contributed by atoms with Gasteiger partial charge in [-0.25, -0.2) is 15.0 Å². The highest BCUT2D eigenvalue weighted by Gasteiger charge is 2.44. The van der Waals surface area contributed by atoms with Crippen LogP contribution in [0.25, 0.3) is 55.4 Å². The maximum absolute atomic E-state index is 5.96. The van der Waals surface area contributed by atoms with Crippen LogP contribution >= 0.6 is 0 Å². The lowest BCUT2D eigenvalue weighted by molar-refractivity contribution is 0.393. The monoisotopic (exact) mass is 640 g/mol. The summed E-state index contributed by atoms with van der Waals surface area (Å²) >= 11 is 0. The summed E-state index contributed by atoms with van der Waals surface area (Å²) in [5, 5.41) is 6.52. The molecule has 1 aromatic heterocycles. The van der Waals surface area contributed by atoms with Gasteiger partial charge in [-0.1, -0.05) is 133 Å². The first-order valence-electron chi connectivity index (χ1n) is 17.6. The Morgan fingerprint density at radius 1 is 0.480 bits per heavy atom. The van der Waals surface area contributed by atoms with E-state index in [9.17, 15) is 0 Å². The van der Waals surface area contributed by atoms with Gasteiger partial charge in [0.1, 0.15) is 5.82 Å². The molecule has 0 saturated carbocycles. The Kier molecular flexibility index (Phi) is 5.80. The predicted molar refractivity (Wildman–Crippen MR) is 201 cm³/mol. The molecule has 50 heavy (non-hydrogen) atoms. The Morgan fingerprint density at radius 2 is 1.02 bits per heavy atom. The quantitative estimate of drug-likeness (QED) is 0.174. The molecule has 0 N–H and O–H groups in total. The lowest BCUT2D eigenvalue weighted by Crippen LogP contribution is -2.33. The summed E-state index contributed by atoms with van der Waals surface area (Å²) < 4.78 is 2.41. The van der Waals surface area contributed by atoms with Crippen molar-refractivity contribution in [2.75, 3.05) is 0 Å². The van der Waals surface area contributed by atoms with Gasteiger partial charge in [-0.2, -0.15) is 0 Å². The van der Waals surface area contributed by atoms with Crippen LogP contribution in [0.1, 0.15) is 27.8 Å². The van der Waals surface area contributed by atoms with Gasteiger partial charge in [0.25, 0.3) is 5.79 Å². The van der Waals surface area contributed by atoms with Gasteiger partial charge in [0.2, 0.25) is 0 Å². The standard InChI is InChI=1S/C46H32N4/c1-3-11-33(12-4-1)41-44(34-13-5-2-6-14-34)50-45(47-41)39-27-29-19-20-30-22-24-32(26-25-31(39)23-21-29)40(28-30)46(50)48-42-37-17-9-7-15-35(37)36-16-8-10-18-38(36)43(42)49-46/h1-18,21-24,27-28H,19-20,25-26H2. The van der Waals surface area contributed by atoms with E-state index < -0.39 is 5.79 Å². The number of hydrogen-bond acceptors (Lipinski definition) is 3. The number of rotatable bonds is 2. The van der Waals surface area contributed by atoms with E-state index in [1.165, 1.54) is 38.6 Å². The van der Waals surface area contributed by atoms with Crippen molar-refractivity contribution >= 4 is 21.5 Å². The summed E-state index contributed by atoms with van der Waals surface area (Å²) in [6.45, 7) is 0. The predicted octanol–water partition coefficient (Wildman–Crippen LogP) is 9.00. The number of hydrogen-bond donors (Lipinski definition) is 0. The number of fused-ring (bicyclic) bond motifs is 8. The zero-order chi connectivity index (χ0) is 32.8. The van der Waals surface area contributed by atoms with E-state index in [1.807, 2.05) is 0 Å². The summed E-state index contributed by atoms with van der Waals surface area (Å²) in [6, 6.07) is 52.9. The third-order valence-electron chi connectivity index (χ3n) is 11.0. The molecule has 1 spiro atoms. The smallest absolute Gasteiger partial charge is 0.261 e. The van der Waals surface area contributed by atoms with Crippen LogP contribution in [0.4, 0.5) is 0 Å². The van der Waals surface area contributed by atoms with Crippen LogP contribution < -0.4 is 10.7 Å². The maximum atomic E-state index is 5.96. The van der Waals surface area contributed by atoms with Crippen LogP contribution in [0.5, 0.6) is 0 Å². The second-order valence-electron chi connectivity index (χ2n) is 13.8. The lowest BCUT2D eigenvalue weighted by Gasteiger charge is -2.31. The molecule has 0 amide bonds. The fraction of sp³-hybridized carbons (Fsp3) is 0.109. The van der Waals surface area contributed by atoms with E-state index in [4.69, 9.17) is 15.0 Å². The minimum Gasteiger partial charge on any atom is -0.275 e. The molecule has 4 heterocycles. The number of imidazole rings is 1. The molecular weight excluding hydrogens is 609 g/mol. The molecule has 4 heteroatoms. The first kappa shape index (κ1) is 27.8. The van der Waals surface area contributed by atoms with E-state index in [0.29, 0.717) is 0 Å². The minimum absolute atomic E-state index is 0.892. The van der Waals surface area contributed by atoms with Crippen LogP contribution in [0, 0.1) is 0 Å². The van der Waals surface area contributed by atoms with Crippen LogP contribution in [0.15, 0.2) is 156 Å². The average molecular weight is 641 g/mol. The van der Waals surface area contributed by atoms with Crippen molar-refractivity contribution in [3.05, 3.63) is 184 Å². The van der Waals surface area contributed by atoms with Crippen molar-refractivity contribution in [3.63, 3.8) is 0 Å². The first-order valence-corrected chi connectivity index (χ1v) is 17.6. The zero-order valence-electron chi connectivity index (χ0n) is 27.5. The molecule has 0 atom stereocenters. The highest BCUT2D eigenvalue weighted by Crippen LogP contribution is 2.47. The molecule has 0 unspecified atom stereocenters. The van der Waals surface area contributed by atoms with Crippen molar-refractivity contribution in [1.29, 1.82) is 0 Å². The molecule has 3 aliphatic heterocycles. The number of aryl methyl sites for hydroxylation is 4. The topological polar surface area (TPSA) is 42.5 Å². The van der Waals surface area contributed by atoms with Gasteiger partial charge < -0.3 is 0 Å². The molecule has 8 aromatic rings. The molecule has 11 rings (SSSR count). The summed E-state index contributed by atoms with van der Waals surface area (Å²) in [5.74, 6) is -0.225. The molecule has 0 radical (unpaired) electrons. The largest absolute Gasteiger partial charge is 0.275 e. The van der Waals surface area contributed by atoms with Gasteiger partial charge in [0.15, 0.2) is 0 Å². The third kappa shape index (κ3) is 3.90. The number of nitrogens with zero attached hydrogens (tertiary/aromatic N) is 4. The lowest BCUT2D eigenvalue weighted by atomic mass is 9.90. The van der Waals surface area contributed by atoms with Gasteiger partial charge in [-0.05, 0) is 70.8 Å². The molecule has 4 nitrogen and oxygen atoms in total. The van der Waals surface area contributed by atoms with Crippen LogP contribution in [-0.2, 0) is 31.5 Å². The Labute approximate surface area is 289 Å². The Hall–Kier alpha value is -6.13. The van der Waals surface area contributed by atoms with Crippen LogP contribution in [0.3, 0.4) is 0 Å². The molecule has 7 aromatic carbocycles. The normalized spacial score (nSPS) is 15.0. The molecule has 0 saturated heterocycles. The molecule has 3 aliphatic rings. The van der Waals surface area contributed by atoms with Crippen molar-refractivity contribution in [2.45, 2.75) is 31.5 Å². The Balaban J connectivity index is 1.41. The molecule has 0 fully saturated rings. The summed E-state index contributed by atoms with van der Waals surface area (Å²) in [5.41, 5.74) is 11.6. The zero-order valence-corrected chi connectivity index (χ0v) is 27.5. The second-order valence-corrected chi connectivity index (χ2v) is 13.8. The highest BCUT2D eigenvalue weighted by atomic mass is 15.4. The summed E-state index contributed by atoms with van der Waals surface area (Å²) in [7, 11) is 0. The third-order valence-corrected chi connectivity index (χ3v) is 11.0. The van der Waals surface area contributed by atoms with Crippen molar-refractivity contribution in [3.8, 4) is 33.9 Å². The van der Waals surface area contributed by atoms with Crippen molar-refractivity contribution in [2.24, 2.45) is 9.98 Å². The van der Waals surface area contributed by atoms with E-state index >= 15 is 0 Å². The van der Waals surface area contributed by atoms with Gasteiger partial charge in [-0.3, -0.25) is 4.57 Å². The second kappa shape index (κ2) is 10.4. The van der Waals surface area contributed by atoms with Crippen molar-refractivity contribution < 1.29 is 0 Å². The minimum atomic E-state index is -1.14. The van der Waals surface area contributed by atoms with Gasteiger partial charge in [-0.15, -0.1) is 0 Å². The highest BCUT2D eigenvalue weighted by molar-refractivity contribution is 6.07. The van der Waals surface area contributed by atoms with Gasteiger partial charge in [0.05, 0.1) is 22.1 Å². The van der Waals surface area contributed by atoms with E-state index in [0.717, 1.165) is 81.1 Å². The molecule has 236 valence electrons. The Morgan fingerprint density at radius 3 is 1.68 bits per heavy atom. The fourth-order valence-electron chi connectivity index (χ4n) is 8.64. The van der Waals surface area contributed by atoms with Crippen LogP contribution in [0.2, 0.25) is 0 Å². The molecule has 4 bridgehead atoms. The number of benzene rings is 7. The van der Waals surface area contributed by atoms with Crippen molar-refractivity contribution in [1.82, 2.24) is 9.55 Å². The molecular formula is C46H32N4. The first-order chi connectivity index (χ1) is 24.7. The SMILES string of the molecule is c1ccc(-c2nc3n(c2-c2ccccc2)C2(N=c4c(c5ccccc5c5ccccc45)=N2)c2cc4ccc2CCc2ccc(cc2-3)CC4)cc1. The van der Waals surface area contributed by atoms with E-state index in [2.05, 4.69) is 150 Å². The average Bonchev–Trinajstić information content (AvgIpc) is 3.78. The summed E-state index contributed by atoms with van der Waals surface area (Å²) in [4.78, 5) is 17.6. The molecule has 0 aliphatic carbocycles. The van der Waals surface area contributed by atoms with Gasteiger partial charge in [0, 0.05) is 33.0 Å². The van der Waals surface area contributed by atoms with Gasteiger partial charge >= 0.3 is 0 Å². The van der Waals surface area contributed by atoms with E-state index in [1.54, 1.807) is 0 Å². The maximum Gasteiger partial charge on any atom is 0.261 e.